The largest absolute Gasteiger partial charge is 0.506 e. The summed E-state index contributed by atoms with van der Waals surface area (Å²) in [5.74, 6) is -2.93. The number of nitrogens with zero attached hydrogens (tertiary/aromatic N) is 2. The van der Waals surface area contributed by atoms with Crippen molar-refractivity contribution >= 4 is 22.6 Å². The first-order chi connectivity index (χ1) is 16.8. The molecule has 0 aliphatic carbocycles. The molecule has 0 unspecified atom stereocenters. The number of halogens is 2. The van der Waals surface area contributed by atoms with Crippen molar-refractivity contribution in [3.05, 3.63) is 78.0 Å². The van der Waals surface area contributed by atoms with Crippen LogP contribution in [0.15, 0.2) is 60.8 Å². The van der Waals surface area contributed by atoms with Crippen LogP contribution in [0, 0.1) is 11.6 Å². The minimum atomic E-state index is -1.23. The number of anilines is 1. The van der Waals surface area contributed by atoms with E-state index in [1.54, 1.807) is 30.5 Å². The van der Waals surface area contributed by atoms with Gasteiger partial charge in [-0.25, -0.2) is 13.6 Å². The number of piperidine rings is 1. The molecule has 0 atom stereocenters. The van der Waals surface area contributed by atoms with Gasteiger partial charge in [0.2, 0.25) is 0 Å². The van der Waals surface area contributed by atoms with Crippen molar-refractivity contribution in [3.8, 4) is 28.0 Å². The monoisotopic (exact) mass is 475 g/mol. The van der Waals surface area contributed by atoms with Gasteiger partial charge in [-0.05, 0) is 54.3 Å². The quantitative estimate of drug-likeness (QED) is 0.376. The first kappa shape index (κ1) is 22.7. The normalized spacial score (nSPS) is 14.4. The van der Waals surface area contributed by atoms with Gasteiger partial charge in [0, 0.05) is 47.9 Å². The van der Waals surface area contributed by atoms with E-state index in [1.807, 2.05) is 6.07 Å². The maximum Gasteiger partial charge on any atom is 0.339 e. The first-order valence-electron chi connectivity index (χ1n) is 11.3. The number of phenols is 1. The highest BCUT2D eigenvalue weighted by Gasteiger charge is 2.23. The van der Waals surface area contributed by atoms with Crippen molar-refractivity contribution in [1.29, 1.82) is 0 Å². The van der Waals surface area contributed by atoms with E-state index in [0.717, 1.165) is 30.0 Å². The molecular weight excluding hydrogens is 452 g/mol. The third-order valence-electron chi connectivity index (χ3n) is 6.45. The van der Waals surface area contributed by atoms with Crippen LogP contribution in [0.1, 0.15) is 23.2 Å². The number of carboxylic acids is 1. The molecule has 1 aliphatic heterocycles. The lowest BCUT2D eigenvalue weighted by Crippen LogP contribution is -2.40. The fourth-order valence-electron chi connectivity index (χ4n) is 4.68. The van der Waals surface area contributed by atoms with Gasteiger partial charge in [-0.1, -0.05) is 18.2 Å². The molecule has 178 valence electrons. The van der Waals surface area contributed by atoms with Gasteiger partial charge >= 0.3 is 5.97 Å². The predicted molar refractivity (Wildman–Crippen MR) is 131 cm³/mol. The molecule has 2 heterocycles. The maximum absolute atomic E-state index is 14.1. The number of aromatic nitrogens is 1. The molecule has 4 aromatic rings. The number of pyridine rings is 1. The van der Waals surface area contributed by atoms with Gasteiger partial charge in [0.15, 0.2) is 0 Å². The van der Waals surface area contributed by atoms with Crippen molar-refractivity contribution in [3.63, 3.8) is 0 Å². The summed E-state index contributed by atoms with van der Waals surface area (Å²) in [6, 6.07) is 13.4. The highest BCUT2D eigenvalue weighted by Crippen LogP contribution is 2.41. The van der Waals surface area contributed by atoms with Crippen molar-refractivity contribution in [2.45, 2.75) is 18.9 Å². The standard InChI is InChI=1S/C27H23F2N3O3/c28-17-10-16(11-18(29)13-17)23-14-31-24-5-4-15(20-2-1-3-21(26(20)33)27(34)35)12-22(24)25(23)32-8-6-19(30)7-9-32/h1-5,10-14,19,33H,6-9,30H2,(H,34,35). The average Bonchev–Trinajstić information content (AvgIpc) is 2.83. The molecular formula is C27H23F2N3O3. The lowest BCUT2D eigenvalue weighted by atomic mass is 9.95. The third kappa shape index (κ3) is 4.28. The Labute approximate surface area is 200 Å². The molecule has 1 saturated heterocycles. The van der Waals surface area contributed by atoms with Gasteiger partial charge < -0.3 is 20.8 Å². The number of aromatic carboxylic acids is 1. The van der Waals surface area contributed by atoms with Gasteiger partial charge in [0.25, 0.3) is 0 Å². The van der Waals surface area contributed by atoms with Crippen LogP contribution in [-0.2, 0) is 0 Å². The second-order valence-electron chi connectivity index (χ2n) is 8.74. The van der Waals surface area contributed by atoms with Crippen LogP contribution in [0.5, 0.6) is 5.75 Å². The van der Waals surface area contributed by atoms with E-state index in [-0.39, 0.29) is 17.4 Å². The molecule has 5 rings (SSSR count). The SMILES string of the molecule is NC1CCN(c2c(-c3cc(F)cc(F)c3)cnc3ccc(-c4cccc(C(=O)O)c4O)cc23)CC1. The number of benzene rings is 3. The van der Waals surface area contributed by atoms with E-state index < -0.39 is 17.6 Å². The second-order valence-corrected chi connectivity index (χ2v) is 8.74. The number of aromatic hydroxyl groups is 1. The Bertz CT molecular complexity index is 1430. The summed E-state index contributed by atoms with van der Waals surface area (Å²) in [5.41, 5.74) is 9.24. The van der Waals surface area contributed by atoms with Gasteiger partial charge in [-0.15, -0.1) is 0 Å². The van der Waals surface area contributed by atoms with E-state index in [1.165, 1.54) is 18.2 Å². The molecule has 3 aromatic carbocycles. The number of hydrogen-bond acceptors (Lipinski definition) is 5. The number of para-hydroxylation sites is 1. The molecule has 0 saturated carbocycles. The first-order valence-corrected chi connectivity index (χ1v) is 11.3. The van der Waals surface area contributed by atoms with Crippen LogP contribution >= 0.6 is 0 Å². The molecule has 1 aromatic heterocycles. The van der Waals surface area contributed by atoms with Gasteiger partial charge in [-0.3, -0.25) is 4.98 Å². The number of fused-ring (bicyclic) bond motifs is 1. The fourth-order valence-corrected chi connectivity index (χ4v) is 4.68. The number of hydrogen-bond donors (Lipinski definition) is 3. The maximum atomic E-state index is 14.1. The highest BCUT2D eigenvalue weighted by molar-refractivity contribution is 6.02. The highest BCUT2D eigenvalue weighted by atomic mass is 19.1. The van der Waals surface area contributed by atoms with Gasteiger partial charge in [-0.2, -0.15) is 0 Å². The molecule has 1 aliphatic rings. The number of rotatable bonds is 4. The number of nitrogens with two attached hydrogens (primary N) is 1. The Hall–Kier alpha value is -4.04. The Kier molecular flexibility index (Phi) is 5.82. The lowest BCUT2D eigenvalue weighted by molar-refractivity contribution is 0.0694. The Morgan fingerprint density at radius 2 is 1.69 bits per heavy atom. The Morgan fingerprint density at radius 1 is 0.971 bits per heavy atom. The summed E-state index contributed by atoms with van der Waals surface area (Å²) in [4.78, 5) is 18.2. The second kappa shape index (κ2) is 8.96. The zero-order valence-electron chi connectivity index (χ0n) is 18.7. The molecule has 0 bridgehead atoms. The van der Waals surface area contributed by atoms with Crippen molar-refractivity contribution in [2.75, 3.05) is 18.0 Å². The summed E-state index contributed by atoms with van der Waals surface area (Å²) in [7, 11) is 0. The summed E-state index contributed by atoms with van der Waals surface area (Å²) in [6.07, 6.45) is 3.15. The number of carbonyl (C=O) groups is 1. The van der Waals surface area contributed by atoms with E-state index in [4.69, 9.17) is 5.73 Å². The number of carboxylic acid groups (broad SMARTS) is 1. The topological polar surface area (TPSA) is 99.7 Å². The molecule has 4 N–H and O–H groups in total. The minimum absolute atomic E-state index is 0.0840. The van der Waals surface area contributed by atoms with Crippen molar-refractivity contribution < 1.29 is 23.8 Å². The average molecular weight is 475 g/mol. The van der Waals surface area contributed by atoms with Crippen LogP contribution in [0.25, 0.3) is 33.2 Å². The minimum Gasteiger partial charge on any atom is -0.506 e. The van der Waals surface area contributed by atoms with Crippen molar-refractivity contribution in [2.24, 2.45) is 5.73 Å². The molecule has 0 spiro atoms. The van der Waals surface area contributed by atoms with Crippen LogP contribution < -0.4 is 10.6 Å². The third-order valence-corrected chi connectivity index (χ3v) is 6.45. The summed E-state index contributed by atoms with van der Waals surface area (Å²) in [5, 5.41) is 20.7. The molecule has 0 amide bonds. The van der Waals surface area contributed by atoms with E-state index in [0.29, 0.717) is 40.9 Å². The van der Waals surface area contributed by atoms with E-state index in [9.17, 15) is 23.8 Å². The molecule has 35 heavy (non-hydrogen) atoms. The van der Waals surface area contributed by atoms with Crippen molar-refractivity contribution in [1.82, 2.24) is 4.98 Å². The van der Waals surface area contributed by atoms with Crippen LogP contribution in [0.4, 0.5) is 14.5 Å². The fraction of sp³-hybridized carbons (Fsp3) is 0.185. The Morgan fingerprint density at radius 3 is 2.37 bits per heavy atom. The molecule has 8 heteroatoms. The van der Waals surface area contributed by atoms with Crippen LogP contribution in [0.3, 0.4) is 0 Å². The van der Waals surface area contributed by atoms with Gasteiger partial charge in [0.05, 0.1) is 11.2 Å². The van der Waals surface area contributed by atoms with E-state index in [2.05, 4.69) is 9.88 Å². The van der Waals surface area contributed by atoms with Crippen LogP contribution in [-0.4, -0.2) is 40.3 Å². The summed E-state index contributed by atoms with van der Waals surface area (Å²) in [6.45, 7) is 1.32. The Balaban J connectivity index is 1.75. The molecule has 6 nitrogen and oxygen atoms in total. The predicted octanol–water partition coefficient (Wildman–Crippen LogP) is 5.18. The molecule has 0 radical (unpaired) electrons. The van der Waals surface area contributed by atoms with E-state index >= 15 is 0 Å². The smallest absolute Gasteiger partial charge is 0.339 e. The summed E-state index contributed by atoms with van der Waals surface area (Å²) >= 11 is 0. The van der Waals surface area contributed by atoms with Crippen LogP contribution in [0.2, 0.25) is 0 Å². The lowest BCUT2D eigenvalue weighted by Gasteiger charge is -2.34. The summed E-state index contributed by atoms with van der Waals surface area (Å²) < 4.78 is 28.2. The van der Waals surface area contributed by atoms with Gasteiger partial charge in [0.1, 0.15) is 22.9 Å². The molecule has 1 fully saturated rings. The zero-order valence-corrected chi connectivity index (χ0v) is 18.7. The zero-order chi connectivity index (χ0) is 24.7.